The number of hydrogen-bond acceptors (Lipinski definition) is 5. The number of carbonyl (C=O) groups excluding carboxylic acids is 2. The van der Waals surface area contributed by atoms with Gasteiger partial charge < -0.3 is 15.3 Å². The van der Waals surface area contributed by atoms with Gasteiger partial charge in [-0.2, -0.15) is 0 Å². The van der Waals surface area contributed by atoms with Crippen molar-refractivity contribution in [2.75, 3.05) is 0 Å². The molecule has 0 aromatic heterocycles. The molecule has 4 rings (SSSR count). The van der Waals surface area contributed by atoms with Gasteiger partial charge in [0, 0.05) is 24.2 Å². The molecule has 4 aliphatic carbocycles. The van der Waals surface area contributed by atoms with E-state index in [9.17, 15) is 24.9 Å². The fourth-order valence-electron chi connectivity index (χ4n) is 7.72. The van der Waals surface area contributed by atoms with Crippen LogP contribution < -0.4 is 0 Å². The van der Waals surface area contributed by atoms with E-state index in [1.54, 1.807) is 6.92 Å². The first-order valence-electron chi connectivity index (χ1n) is 10.2. The van der Waals surface area contributed by atoms with E-state index in [-0.39, 0.29) is 47.6 Å². The summed E-state index contributed by atoms with van der Waals surface area (Å²) in [7, 11) is 0. The Balaban J connectivity index is 1.72. The molecule has 4 saturated carbocycles. The van der Waals surface area contributed by atoms with E-state index in [1.807, 2.05) is 6.92 Å². The minimum absolute atomic E-state index is 0.0497. The Morgan fingerprint density at radius 3 is 2.35 bits per heavy atom. The summed E-state index contributed by atoms with van der Waals surface area (Å²) in [5.41, 5.74) is -2.30. The third-order valence-electron chi connectivity index (χ3n) is 9.16. The van der Waals surface area contributed by atoms with Crippen LogP contribution >= 0.6 is 0 Å². The molecule has 0 spiro atoms. The molecule has 0 aromatic carbocycles. The van der Waals surface area contributed by atoms with E-state index < -0.39 is 23.2 Å². The minimum atomic E-state index is -1.54. The second-order valence-corrected chi connectivity index (χ2v) is 10.1. The summed E-state index contributed by atoms with van der Waals surface area (Å²) in [6.07, 6.45) is 2.26. The Morgan fingerprint density at radius 1 is 1.04 bits per heavy atom. The van der Waals surface area contributed by atoms with Crippen LogP contribution in [-0.4, -0.2) is 44.7 Å². The van der Waals surface area contributed by atoms with E-state index in [0.717, 1.165) is 25.7 Å². The van der Waals surface area contributed by atoms with Crippen molar-refractivity contribution in [3.05, 3.63) is 0 Å². The van der Waals surface area contributed by atoms with Gasteiger partial charge in [-0.3, -0.25) is 9.59 Å². The molecule has 0 amide bonds. The molecule has 0 radical (unpaired) electrons. The quantitative estimate of drug-likeness (QED) is 0.660. The first kappa shape index (κ1) is 18.6. The van der Waals surface area contributed by atoms with Gasteiger partial charge in [0.1, 0.15) is 11.4 Å². The van der Waals surface area contributed by atoms with Crippen molar-refractivity contribution in [1.29, 1.82) is 0 Å². The average molecular weight is 364 g/mol. The molecule has 0 saturated heterocycles. The normalized spacial score (nSPS) is 56.5. The van der Waals surface area contributed by atoms with Crippen molar-refractivity contribution in [3.63, 3.8) is 0 Å². The Kier molecular flexibility index (Phi) is 4.01. The maximum atomic E-state index is 13.1. The molecule has 0 aromatic rings. The number of rotatable bonds is 1. The van der Waals surface area contributed by atoms with Gasteiger partial charge in [-0.25, -0.2) is 0 Å². The van der Waals surface area contributed by atoms with Crippen molar-refractivity contribution in [1.82, 2.24) is 0 Å². The molecular formula is C21H32O5. The molecule has 0 heterocycles. The van der Waals surface area contributed by atoms with Gasteiger partial charge >= 0.3 is 0 Å². The molecular weight excluding hydrogens is 332 g/mol. The lowest BCUT2D eigenvalue weighted by Crippen LogP contribution is -2.69. The predicted octanol–water partition coefficient (Wildman–Crippen LogP) is 1.86. The van der Waals surface area contributed by atoms with Crippen molar-refractivity contribution in [3.8, 4) is 0 Å². The van der Waals surface area contributed by atoms with Crippen molar-refractivity contribution < 1.29 is 24.9 Å². The molecule has 0 aliphatic heterocycles. The maximum Gasteiger partial charge on any atom is 0.165 e. The van der Waals surface area contributed by atoms with Gasteiger partial charge in [-0.15, -0.1) is 0 Å². The Labute approximate surface area is 155 Å². The first-order chi connectivity index (χ1) is 12.0. The van der Waals surface area contributed by atoms with Crippen LogP contribution in [0.3, 0.4) is 0 Å². The molecule has 9 atom stereocenters. The summed E-state index contributed by atoms with van der Waals surface area (Å²) in [5.74, 6) is 0.798. The van der Waals surface area contributed by atoms with Crippen LogP contribution in [0.4, 0.5) is 0 Å². The fraction of sp³-hybridized carbons (Fsp3) is 0.905. The fourth-order valence-corrected chi connectivity index (χ4v) is 7.72. The number of aliphatic hydroxyl groups is 3. The highest BCUT2D eigenvalue weighted by Crippen LogP contribution is 2.67. The van der Waals surface area contributed by atoms with Crippen LogP contribution in [0.5, 0.6) is 0 Å². The van der Waals surface area contributed by atoms with Gasteiger partial charge in [0.2, 0.25) is 0 Å². The average Bonchev–Trinajstić information content (AvgIpc) is 2.90. The van der Waals surface area contributed by atoms with Gasteiger partial charge in [-0.1, -0.05) is 13.8 Å². The number of hydrogen-bond donors (Lipinski definition) is 3. The summed E-state index contributed by atoms with van der Waals surface area (Å²) in [4.78, 5) is 25.2. The van der Waals surface area contributed by atoms with Crippen molar-refractivity contribution in [2.24, 2.45) is 34.5 Å². The third-order valence-corrected chi connectivity index (χ3v) is 9.16. The van der Waals surface area contributed by atoms with Crippen LogP contribution in [0, 0.1) is 34.5 Å². The number of Topliss-reactive ketones (excluding diaryl/α,β-unsaturated/α-hetero) is 2. The predicted molar refractivity (Wildman–Crippen MR) is 95.1 cm³/mol. The molecule has 4 aliphatic rings. The van der Waals surface area contributed by atoms with Gasteiger partial charge in [-0.05, 0) is 62.2 Å². The molecule has 0 bridgehead atoms. The number of fused-ring (bicyclic) bond motifs is 5. The summed E-state index contributed by atoms with van der Waals surface area (Å²) >= 11 is 0. The zero-order valence-electron chi connectivity index (χ0n) is 16.1. The lowest BCUT2D eigenvalue weighted by Gasteiger charge is -2.63. The smallest absolute Gasteiger partial charge is 0.165 e. The van der Waals surface area contributed by atoms with Crippen molar-refractivity contribution in [2.45, 2.75) is 83.5 Å². The van der Waals surface area contributed by atoms with Gasteiger partial charge in [0.05, 0.1) is 12.2 Å². The van der Waals surface area contributed by atoms with E-state index in [1.165, 1.54) is 0 Å². The lowest BCUT2D eigenvalue weighted by atomic mass is 9.42. The Bertz CT molecular complexity index is 646. The van der Waals surface area contributed by atoms with E-state index in [0.29, 0.717) is 12.3 Å². The van der Waals surface area contributed by atoms with Crippen LogP contribution in [0.15, 0.2) is 0 Å². The monoisotopic (exact) mass is 364 g/mol. The topological polar surface area (TPSA) is 94.8 Å². The molecule has 5 heteroatoms. The lowest BCUT2D eigenvalue weighted by molar-refractivity contribution is -0.229. The molecule has 4 fully saturated rings. The van der Waals surface area contributed by atoms with E-state index in [2.05, 4.69) is 6.92 Å². The van der Waals surface area contributed by atoms with Crippen LogP contribution in [0.1, 0.15) is 65.7 Å². The summed E-state index contributed by atoms with van der Waals surface area (Å²) in [6.45, 7) is 5.85. The molecule has 3 N–H and O–H groups in total. The summed E-state index contributed by atoms with van der Waals surface area (Å²) < 4.78 is 0. The van der Waals surface area contributed by atoms with Crippen molar-refractivity contribution >= 4 is 11.6 Å². The van der Waals surface area contributed by atoms with E-state index in [4.69, 9.17) is 0 Å². The molecule has 26 heavy (non-hydrogen) atoms. The van der Waals surface area contributed by atoms with E-state index >= 15 is 0 Å². The highest BCUT2D eigenvalue weighted by atomic mass is 16.3. The molecule has 0 unspecified atom stereocenters. The minimum Gasteiger partial charge on any atom is -0.390 e. The van der Waals surface area contributed by atoms with Gasteiger partial charge in [0.15, 0.2) is 5.78 Å². The Morgan fingerprint density at radius 2 is 1.69 bits per heavy atom. The number of ketones is 2. The molecule has 5 nitrogen and oxygen atoms in total. The first-order valence-corrected chi connectivity index (χ1v) is 10.2. The summed E-state index contributed by atoms with van der Waals surface area (Å²) in [5, 5.41) is 31.7. The largest absolute Gasteiger partial charge is 0.390 e. The Hall–Kier alpha value is -0.780. The highest BCUT2D eigenvalue weighted by molar-refractivity contribution is 5.90. The third kappa shape index (κ3) is 2.14. The second-order valence-electron chi connectivity index (χ2n) is 10.1. The SMILES string of the molecule is CC(=O)[C@H]1CC[C@H]2[C@@H]3CC(=O)[C@@]4(O)C[C@H](O)[C@H](O)C[C@]4(C)[C@H]3CC[C@]12C. The van der Waals surface area contributed by atoms with Crippen LogP contribution in [0.2, 0.25) is 0 Å². The zero-order valence-corrected chi connectivity index (χ0v) is 16.1. The van der Waals surface area contributed by atoms with Crippen LogP contribution in [0.25, 0.3) is 0 Å². The number of aliphatic hydroxyl groups excluding tert-OH is 2. The van der Waals surface area contributed by atoms with Crippen LogP contribution in [-0.2, 0) is 9.59 Å². The highest BCUT2D eigenvalue weighted by Gasteiger charge is 2.68. The number of carbonyl (C=O) groups is 2. The maximum absolute atomic E-state index is 13.1. The summed E-state index contributed by atoms with van der Waals surface area (Å²) in [6, 6.07) is 0. The zero-order chi connectivity index (χ0) is 19.1. The standard InChI is InChI=1S/C21H32O5/c1-11(22)13-4-5-14-12-8-18(25)21(26)10-17(24)16(23)9-20(21,3)15(12)6-7-19(13,14)2/h12-17,23-24,26H,4-10H2,1-3H3/t12-,13+,14-,15-,16+,17-,19+,20+,21-/m0/s1. The van der Waals surface area contributed by atoms with Gasteiger partial charge in [0.25, 0.3) is 0 Å². The molecule has 146 valence electrons. The second kappa shape index (κ2) is 5.62.